The van der Waals surface area contributed by atoms with Crippen molar-refractivity contribution < 1.29 is 9.59 Å². The van der Waals surface area contributed by atoms with Crippen LogP contribution in [0.15, 0.2) is 8.68 Å². The second kappa shape index (κ2) is 10.2. The molecule has 2 rings (SSSR count). The van der Waals surface area contributed by atoms with E-state index in [9.17, 15) is 9.59 Å². The lowest BCUT2D eigenvalue weighted by molar-refractivity contribution is -0.131. The fourth-order valence-electron chi connectivity index (χ4n) is 2.43. The van der Waals surface area contributed by atoms with Gasteiger partial charge in [0.25, 0.3) is 0 Å². The Labute approximate surface area is 155 Å². The van der Waals surface area contributed by atoms with E-state index in [1.807, 2.05) is 11.8 Å². The van der Waals surface area contributed by atoms with Crippen molar-refractivity contribution in [1.82, 2.24) is 20.4 Å². The zero-order valence-corrected chi connectivity index (χ0v) is 16.6. The number of aromatic nitrogens is 2. The van der Waals surface area contributed by atoms with Crippen molar-refractivity contribution in [2.24, 2.45) is 0 Å². The van der Waals surface area contributed by atoms with Crippen LogP contribution in [-0.4, -0.2) is 57.5 Å². The summed E-state index contributed by atoms with van der Waals surface area (Å²) in [7, 11) is 0. The lowest BCUT2D eigenvalue weighted by Gasteiger charge is -2.33. The summed E-state index contributed by atoms with van der Waals surface area (Å²) in [5.41, 5.74) is 0. The molecule has 1 fully saturated rings. The van der Waals surface area contributed by atoms with Crippen molar-refractivity contribution in [3.05, 3.63) is 0 Å². The molecule has 2 heterocycles. The van der Waals surface area contributed by atoms with Gasteiger partial charge < -0.3 is 10.2 Å². The van der Waals surface area contributed by atoms with Crippen LogP contribution in [0.3, 0.4) is 0 Å². The van der Waals surface area contributed by atoms with Crippen molar-refractivity contribution in [1.29, 1.82) is 0 Å². The molecular formula is C15H24N4O2S3. The molecule has 1 N–H and O–H groups in total. The number of piperidine rings is 1. The van der Waals surface area contributed by atoms with Gasteiger partial charge in [-0.15, -0.1) is 10.2 Å². The molecule has 0 aliphatic carbocycles. The first kappa shape index (κ1) is 19.5. The van der Waals surface area contributed by atoms with Crippen LogP contribution >= 0.6 is 34.9 Å². The summed E-state index contributed by atoms with van der Waals surface area (Å²) in [6.45, 7) is 5.71. The van der Waals surface area contributed by atoms with E-state index >= 15 is 0 Å². The van der Waals surface area contributed by atoms with E-state index in [0.29, 0.717) is 24.1 Å². The topological polar surface area (TPSA) is 75.2 Å². The Morgan fingerprint density at radius 2 is 1.96 bits per heavy atom. The Hall–Kier alpha value is -0.800. The van der Waals surface area contributed by atoms with Crippen LogP contribution in [0.1, 0.15) is 39.5 Å². The molecule has 6 nitrogen and oxygen atoms in total. The van der Waals surface area contributed by atoms with Crippen molar-refractivity contribution in [2.75, 3.05) is 24.6 Å². The Bertz CT molecular complexity index is 553. The number of amides is 2. The van der Waals surface area contributed by atoms with Gasteiger partial charge in [-0.25, -0.2) is 0 Å². The highest BCUT2D eigenvalue weighted by Crippen LogP contribution is 2.29. The first-order valence-electron chi connectivity index (χ1n) is 8.25. The number of thioether (sulfide) groups is 2. The van der Waals surface area contributed by atoms with E-state index in [1.54, 1.807) is 0 Å². The number of nitrogens with one attached hydrogen (secondary N) is 1. The standard InChI is InChI=1S/C15H24N4O2S3/c1-3-7-16-12(20)9-22-14-17-18-15(24-14)23-10-13(21)19-8-5-4-6-11(19)2/h11H,3-10H2,1-2H3,(H,16,20)/t11-/m1/s1. The van der Waals surface area contributed by atoms with Crippen LogP contribution in [0, 0.1) is 0 Å². The Kier molecular flexibility index (Phi) is 8.34. The summed E-state index contributed by atoms with van der Waals surface area (Å²) < 4.78 is 1.55. The predicted octanol–water partition coefficient (Wildman–Crippen LogP) is 2.65. The molecular weight excluding hydrogens is 364 g/mol. The largest absolute Gasteiger partial charge is 0.355 e. The number of hydrogen-bond acceptors (Lipinski definition) is 7. The van der Waals surface area contributed by atoms with Crippen molar-refractivity contribution >= 4 is 46.7 Å². The van der Waals surface area contributed by atoms with E-state index in [0.717, 1.165) is 34.5 Å². The quantitative estimate of drug-likeness (QED) is 0.690. The van der Waals surface area contributed by atoms with E-state index < -0.39 is 0 Å². The molecule has 134 valence electrons. The van der Waals surface area contributed by atoms with Gasteiger partial charge in [-0.3, -0.25) is 9.59 Å². The number of carbonyl (C=O) groups is 2. The number of rotatable bonds is 8. The van der Waals surface area contributed by atoms with Gasteiger partial charge in [-0.2, -0.15) is 0 Å². The van der Waals surface area contributed by atoms with Crippen molar-refractivity contribution in [3.63, 3.8) is 0 Å². The third-order valence-electron chi connectivity index (χ3n) is 3.73. The third kappa shape index (κ3) is 6.25. The monoisotopic (exact) mass is 388 g/mol. The minimum Gasteiger partial charge on any atom is -0.355 e. The predicted molar refractivity (Wildman–Crippen MR) is 99.7 cm³/mol. The number of likely N-dealkylation sites (tertiary alicyclic amines) is 1. The lowest BCUT2D eigenvalue weighted by atomic mass is 10.0. The number of hydrogen-bond donors (Lipinski definition) is 1. The zero-order valence-electron chi connectivity index (χ0n) is 14.1. The van der Waals surface area contributed by atoms with E-state index in [2.05, 4.69) is 22.4 Å². The maximum Gasteiger partial charge on any atom is 0.233 e. The van der Waals surface area contributed by atoms with Gasteiger partial charge in [-0.05, 0) is 32.6 Å². The van der Waals surface area contributed by atoms with Gasteiger partial charge in [0.05, 0.1) is 11.5 Å². The highest BCUT2D eigenvalue weighted by molar-refractivity contribution is 8.03. The normalized spacial score (nSPS) is 17.8. The summed E-state index contributed by atoms with van der Waals surface area (Å²) in [6.07, 6.45) is 4.33. The molecule has 1 atom stereocenters. The molecule has 1 aromatic heterocycles. The van der Waals surface area contributed by atoms with Crippen LogP contribution in [0.5, 0.6) is 0 Å². The SMILES string of the molecule is CCCNC(=O)CSc1nnc(SCC(=O)N2CCCC[C@H]2C)s1. The van der Waals surface area contributed by atoms with Crippen LogP contribution in [0.25, 0.3) is 0 Å². The molecule has 0 aromatic carbocycles. The van der Waals surface area contributed by atoms with Gasteiger partial charge in [0, 0.05) is 19.1 Å². The molecule has 0 unspecified atom stereocenters. The van der Waals surface area contributed by atoms with Crippen molar-refractivity contribution in [3.8, 4) is 0 Å². The summed E-state index contributed by atoms with van der Waals surface area (Å²) in [6, 6.07) is 0.342. The fraction of sp³-hybridized carbons (Fsp3) is 0.733. The van der Waals surface area contributed by atoms with Crippen LogP contribution in [-0.2, 0) is 9.59 Å². The zero-order chi connectivity index (χ0) is 17.4. The summed E-state index contributed by atoms with van der Waals surface area (Å²) in [5, 5.41) is 11.0. The summed E-state index contributed by atoms with van der Waals surface area (Å²) in [5.74, 6) is 0.945. The average Bonchev–Trinajstić information content (AvgIpc) is 3.04. The van der Waals surface area contributed by atoms with E-state index in [1.165, 1.54) is 41.3 Å². The first-order valence-corrected chi connectivity index (χ1v) is 11.0. The van der Waals surface area contributed by atoms with Crippen LogP contribution < -0.4 is 5.32 Å². The van der Waals surface area contributed by atoms with Crippen LogP contribution in [0.2, 0.25) is 0 Å². The molecule has 2 amide bonds. The Morgan fingerprint density at radius 1 is 1.25 bits per heavy atom. The first-order chi connectivity index (χ1) is 11.6. The van der Waals surface area contributed by atoms with Gasteiger partial charge in [-0.1, -0.05) is 41.8 Å². The lowest BCUT2D eigenvalue weighted by Crippen LogP contribution is -2.42. The molecule has 0 bridgehead atoms. The number of carbonyl (C=O) groups excluding carboxylic acids is 2. The van der Waals surface area contributed by atoms with Crippen LogP contribution in [0.4, 0.5) is 0 Å². The second-order valence-corrected chi connectivity index (χ2v) is 9.12. The average molecular weight is 389 g/mol. The summed E-state index contributed by atoms with van der Waals surface area (Å²) in [4.78, 5) is 25.9. The highest BCUT2D eigenvalue weighted by atomic mass is 32.2. The molecule has 1 aliphatic heterocycles. The molecule has 9 heteroatoms. The van der Waals surface area contributed by atoms with Gasteiger partial charge in [0.15, 0.2) is 8.68 Å². The van der Waals surface area contributed by atoms with Gasteiger partial charge >= 0.3 is 0 Å². The van der Waals surface area contributed by atoms with Gasteiger partial charge in [0.1, 0.15) is 0 Å². The maximum atomic E-state index is 12.3. The number of nitrogens with zero attached hydrogens (tertiary/aromatic N) is 3. The second-order valence-electron chi connectivity index (χ2n) is 5.69. The van der Waals surface area contributed by atoms with E-state index in [-0.39, 0.29) is 11.8 Å². The molecule has 0 radical (unpaired) electrons. The third-order valence-corrected chi connectivity index (χ3v) is 6.90. The Morgan fingerprint density at radius 3 is 2.62 bits per heavy atom. The molecule has 0 saturated carbocycles. The Balaban J connectivity index is 1.73. The minimum absolute atomic E-state index is 0.0144. The van der Waals surface area contributed by atoms with Crippen molar-refractivity contribution in [2.45, 2.75) is 54.3 Å². The fourth-order valence-corrected chi connectivity index (χ4v) is 5.17. The van der Waals surface area contributed by atoms with Gasteiger partial charge in [0.2, 0.25) is 11.8 Å². The molecule has 24 heavy (non-hydrogen) atoms. The minimum atomic E-state index is 0.0144. The smallest absolute Gasteiger partial charge is 0.233 e. The maximum absolute atomic E-state index is 12.3. The molecule has 0 spiro atoms. The summed E-state index contributed by atoms with van der Waals surface area (Å²) >= 11 is 4.26. The molecule has 1 saturated heterocycles. The molecule has 1 aliphatic rings. The van der Waals surface area contributed by atoms with E-state index in [4.69, 9.17) is 0 Å². The molecule has 1 aromatic rings. The highest BCUT2D eigenvalue weighted by Gasteiger charge is 2.23.